The number of aromatic hydroxyl groups is 1. The molecule has 4 nitrogen and oxygen atoms in total. The maximum Gasteiger partial charge on any atom is 0.352 e. The number of para-hydroxylation sites is 1. The van der Waals surface area contributed by atoms with Crippen LogP contribution in [-0.2, 0) is 0 Å². The topological polar surface area (TPSA) is 73.3 Å². The van der Waals surface area contributed by atoms with Crippen molar-refractivity contribution in [2.45, 2.75) is 0 Å². The minimum atomic E-state index is -1.02. The highest BCUT2D eigenvalue weighted by Crippen LogP contribution is 2.27. The van der Waals surface area contributed by atoms with Gasteiger partial charge in [-0.05, 0) is 24.3 Å². The largest absolute Gasteiger partial charge is 0.507 e. The van der Waals surface area contributed by atoms with Gasteiger partial charge in [0.05, 0.1) is 0 Å². The molecule has 4 heteroatoms. The van der Waals surface area contributed by atoms with Crippen LogP contribution in [0.25, 0.3) is 11.3 Å². The van der Waals surface area contributed by atoms with Crippen molar-refractivity contribution in [1.29, 1.82) is 0 Å². The molecule has 76 valence electrons. The Morgan fingerprint density at radius 2 is 1.87 bits per heavy atom. The zero-order valence-electron chi connectivity index (χ0n) is 7.77. The van der Waals surface area contributed by atoms with E-state index in [9.17, 15) is 9.90 Å². The Morgan fingerprint density at radius 3 is 2.47 bits per heavy atom. The Labute approximate surface area is 85.8 Å². The highest BCUT2D eigenvalue weighted by Gasteiger charge is 2.09. The van der Waals surface area contributed by atoms with Crippen LogP contribution in [0.2, 0.25) is 0 Å². The summed E-state index contributed by atoms with van der Waals surface area (Å²) in [4.78, 5) is 13.3. The molecule has 0 aliphatic heterocycles. The van der Waals surface area contributed by atoms with Crippen LogP contribution < -0.4 is 0 Å². The van der Waals surface area contributed by atoms with Crippen LogP contribution in [0.15, 0.2) is 36.4 Å². The number of phenols is 1. The highest BCUT2D eigenvalue weighted by atomic mass is 16.4. The number of nitrogens with one attached hydrogen (secondary N) is 1. The van der Waals surface area contributed by atoms with Crippen molar-refractivity contribution < 1.29 is 15.0 Å². The van der Waals surface area contributed by atoms with E-state index in [0.29, 0.717) is 11.3 Å². The molecule has 2 rings (SSSR count). The number of hydrogen-bond donors (Lipinski definition) is 3. The summed E-state index contributed by atoms with van der Waals surface area (Å²) in [6.07, 6.45) is 0. The number of carboxylic acid groups (broad SMARTS) is 1. The zero-order chi connectivity index (χ0) is 10.8. The summed E-state index contributed by atoms with van der Waals surface area (Å²) in [7, 11) is 0. The van der Waals surface area contributed by atoms with Crippen LogP contribution >= 0.6 is 0 Å². The average Bonchev–Trinajstić information content (AvgIpc) is 2.67. The van der Waals surface area contributed by atoms with Crippen LogP contribution in [0.4, 0.5) is 0 Å². The lowest BCUT2D eigenvalue weighted by Crippen LogP contribution is -1.95. The minimum Gasteiger partial charge on any atom is -0.507 e. The van der Waals surface area contributed by atoms with Crippen LogP contribution in [-0.4, -0.2) is 21.2 Å². The molecule has 1 aromatic heterocycles. The fourth-order valence-electron chi connectivity index (χ4n) is 1.38. The standard InChI is InChI=1S/C11H9NO3/c13-10-4-2-1-3-7(10)8-5-6-9(12-8)11(14)15/h1-6,12-13H,(H,14,15). The smallest absolute Gasteiger partial charge is 0.352 e. The van der Waals surface area contributed by atoms with Gasteiger partial charge in [0.15, 0.2) is 0 Å². The van der Waals surface area contributed by atoms with E-state index in [1.165, 1.54) is 6.07 Å². The van der Waals surface area contributed by atoms with Crippen LogP contribution in [0, 0.1) is 0 Å². The molecule has 0 saturated heterocycles. The summed E-state index contributed by atoms with van der Waals surface area (Å²) in [5.41, 5.74) is 1.28. The van der Waals surface area contributed by atoms with Crippen LogP contribution in [0.5, 0.6) is 5.75 Å². The second-order valence-corrected chi connectivity index (χ2v) is 3.11. The lowest BCUT2D eigenvalue weighted by Gasteiger charge is -2.00. The quantitative estimate of drug-likeness (QED) is 0.699. The number of carbonyl (C=O) groups is 1. The molecule has 0 unspecified atom stereocenters. The maximum absolute atomic E-state index is 10.6. The number of rotatable bonds is 2. The molecule has 0 aliphatic rings. The van der Waals surface area contributed by atoms with Crippen molar-refractivity contribution in [2.75, 3.05) is 0 Å². The van der Waals surface area contributed by atoms with Crippen molar-refractivity contribution in [3.8, 4) is 17.0 Å². The predicted molar refractivity (Wildman–Crippen MR) is 54.9 cm³/mol. The first-order valence-corrected chi connectivity index (χ1v) is 4.39. The lowest BCUT2D eigenvalue weighted by atomic mass is 10.1. The van der Waals surface area contributed by atoms with E-state index in [2.05, 4.69) is 4.98 Å². The first-order valence-electron chi connectivity index (χ1n) is 4.39. The van der Waals surface area contributed by atoms with Crippen molar-refractivity contribution in [1.82, 2.24) is 4.98 Å². The summed E-state index contributed by atoms with van der Waals surface area (Å²) in [5.74, 6) is -0.895. The molecule has 3 N–H and O–H groups in total. The Hall–Kier alpha value is -2.23. The molecule has 2 aromatic rings. The van der Waals surface area contributed by atoms with E-state index in [4.69, 9.17) is 5.11 Å². The molecule has 1 aromatic carbocycles. The summed E-state index contributed by atoms with van der Waals surface area (Å²) < 4.78 is 0. The van der Waals surface area contributed by atoms with E-state index in [1.54, 1.807) is 30.3 Å². The van der Waals surface area contributed by atoms with Gasteiger partial charge in [-0.3, -0.25) is 0 Å². The Kier molecular flexibility index (Phi) is 2.17. The molecule has 0 radical (unpaired) electrons. The van der Waals surface area contributed by atoms with Gasteiger partial charge >= 0.3 is 5.97 Å². The Morgan fingerprint density at radius 1 is 1.13 bits per heavy atom. The molecule has 1 heterocycles. The number of aromatic nitrogens is 1. The fraction of sp³-hybridized carbons (Fsp3) is 0. The number of benzene rings is 1. The summed E-state index contributed by atoms with van der Waals surface area (Å²) in [6.45, 7) is 0. The van der Waals surface area contributed by atoms with Gasteiger partial charge in [0.25, 0.3) is 0 Å². The first-order chi connectivity index (χ1) is 7.18. The molecule has 0 amide bonds. The SMILES string of the molecule is O=C(O)c1ccc(-c2ccccc2O)[nH]1. The number of carboxylic acids is 1. The normalized spacial score (nSPS) is 10.1. The molecule has 0 fully saturated rings. The summed E-state index contributed by atoms with van der Waals surface area (Å²) in [6, 6.07) is 9.84. The third kappa shape index (κ3) is 1.69. The molecule has 0 saturated carbocycles. The van der Waals surface area contributed by atoms with Crippen LogP contribution in [0.1, 0.15) is 10.5 Å². The van der Waals surface area contributed by atoms with Crippen molar-refractivity contribution >= 4 is 5.97 Å². The van der Waals surface area contributed by atoms with E-state index in [1.807, 2.05) is 0 Å². The van der Waals surface area contributed by atoms with Gasteiger partial charge in [-0.2, -0.15) is 0 Å². The number of H-pyrrole nitrogens is 1. The van der Waals surface area contributed by atoms with E-state index in [0.717, 1.165) is 0 Å². The van der Waals surface area contributed by atoms with Crippen molar-refractivity contribution in [3.63, 3.8) is 0 Å². The third-order valence-corrected chi connectivity index (χ3v) is 2.11. The van der Waals surface area contributed by atoms with Gasteiger partial charge in [-0.15, -0.1) is 0 Å². The maximum atomic E-state index is 10.6. The number of aromatic carboxylic acids is 1. The minimum absolute atomic E-state index is 0.105. The highest BCUT2D eigenvalue weighted by molar-refractivity contribution is 5.87. The second kappa shape index (κ2) is 3.49. The molecule has 0 atom stereocenters. The third-order valence-electron chi connectivity index (χ3n) is 2.11. The van der Waals surface area contributed by atoms with Gasteiger partial charge in [0.2, 0.25) is 0 Å². The van der Waals surface area contributed by atoms with E-state index < -0.39 is 5.97 Å². The molecular weight excluding hydrogens is 194 g/mol. The monoisotopic (exact) mass is 203 g/mol. The van der Waals surface area contributed by atoms with Crippen LogP contribution in [0.3, 0.4) is 0 Å². The summed E-state index contributed by atoms with van der Waals surface area (Å²) in [5, 5.41) is 18.3. The second-order valence-electron chi connectivity index (χ2n) is 3.11. The van der Waals surface area contributed by atoms with Gasteiger partial charge in [-0.25, -0.2) is 4.79 Å². The molecule has 0 bridgehead atoms. The van der Waals surface area contributed by atoms with E-state index >= 15 is 0 Å². The molecule has 0 aliphatic carbocycles. The lowest BCUT2D eigenvalue weighted by molar-refractivity contribution is 0.0691. The van der Waals surface area contributed by atoms with Crippen molar-refractivity contribution in [3.05, 3.63) is 42.1 Å². The summed E-state index contributed by atoms with van der Waals surface area (Å²) >= 11 is 0. The number of hydrogen-bond acceptors (Lipinski definition) is 2. The average molecular weight is 203 g/mol. The van der Waals surface area contributed by atoms with Gasteiger partial charge < -0.3 is 15.2 Å². The molecule has 0 spiro atoms. The zero-order valence-corrected chi connectivity index (χ0v) is 7.77. The fourth-order valence-corrected chi connectivity index (χ4v) is 1.38. The Bertz CT molecular complexity index is 502. The Balaban J connectivity index is 2.46. The van der Waals surface area contributed by atoms with Gasteiger partial charge in [0, 0.05) is 11.3 Å². The van der Waals surface area contributed by atoms with E-state index in [-0.39, 0.29) is 11.4 Å². The molecular formula is C11H9NO3. The van der Waals surface area contributed by atoms with Gasteiger partial charge in [-0.1, -0.05) is 12.1 Å². The number of aromatic amines is 1. The molecule has 15 heavy (non-hydrogen) atoms. The van der Waals surface area contributed by atoms with Gasteiger partial charge in [0.1, 0.15) is 11.4 Å². The predicted octanol–water partition coefficient (Wildman–Crippen LogP) is 2.09. The number of phenolic OH excluding ortho intramolecular Hbond substituents is 1. The first kappa shape index (κ1) is 9.33. The van der Waals surface area contributed by atoms with Crippen molar-refractivity contribution in [2.24, 2.45) is 0 Å².